The van der Waals surface area contributed by atoms with Crippen molar-refractivity contribution >= 4 is 17.5 Å². The molecule has 0 saturated heterocycles. The monoisotopic (exact) mass is 253 g/mol. The van der Waals surface area contributed by atoms with Crippen LogP contribution in [0.15, 0.2) is 24.3 Å². The zero-order chi connectivity index (χ0) is 13.7. The summed E-state index contributed by atoms with van der Waals surface area (Å²) in [5.41, 5.74) is 4.63. The Morgan fingerprint density at radius 1 is 1.50 bits per heavy atom. The SMILES string of the molecule is NC(=O)C(O)CNC(=O)c1cccc([N+](=O)[O-])c1. The molecule has 8 heteroatoms. The van der Waals surface area contributed by atoms with Crippen molar-refractivity contribution in [3.63, 3.8) is 0 Å². The Hall–Kier alpha value is -2.48. The van der Waals surface area contributed by atoms with E-state index in [9.17, 15) is 19.7 Å². The van der Waals surface area contributed by atoms with Crippen molar-refractivity contribution in [2.75, 3.05) is 6.54 Å². The Morgan fingerprint density at radius 2 is 2.17 bits per heavy atom. The van der Waals surface area contributed by atoms with E-state index >= 15 is 0 Å². The van der Waals surface area contributed by atoms with Crippen LogP contribution in [0.1, 0.15) is 10.4 Å². The molecule has 1 rings (SSSR count). The summed E-state index contributed by atoms with van der Waals surface area (Å²) in [5, 5.41) is 21.8. The van der Waals surface area contributed by atoms with E-state index < -0.39 is 22.8 Å². The lowest BCUT2D eigenvalue weighted by molar-refractivity contribution is -0.384. The maximum absolute atomic E-state index is 11.5. The van der Waals surface area contributed by atoms with E-state index in [0.717, 1.165) is 6.07 Å². The fourth-order valence-electron chi connectivity index (χ4n) is 1.15. The lowest BCUT2D eigenvalue weighted by Crippen LogP contribution is -2.39. The number of nitrogens with one attached hydrogen (secondary N) is 1. The van der Waals surface area contributed by atoms with Crippen LogP contribution < -0.4 is 11.1 Å². The van der Waals surface area contributed by atoms with Gasteiger partial charge in [0.1, 0.15) is 6.10 Å². The van der Waals surface area contributed by atoms with Crippen molar-refractivity contribution in [2.45, 2.75) is 6.10 Å². The van der Waals surface area contributed by atoms with Crippen LogP contribution in [0.25, 0.3) is 0 Å². The molecule has 0 aromatic heterocycles. The first kappa shape index (κ1) is 13.6. The molecule has 0 aliphatic rings. The fourth-order valence-corrected chi connectivity index (χ4v) is 1.15. The number of primary amides is 1. The fraction of sp³-hybridized carbons (Fsp3) is 0.200. The summed E-state index contributed by atoms with van der Waals surface area (Å²) in [7, 11) is 0. The third-order valence-corrected chi connectivity index (χ3v) is 2.10. The smallest absolute Gasteiger partial charge is 0.270 e. The van der Waals surface area contributed by atoms with E-state index in [-0.39, 0.29) is 17.8 Å². The number of carbonyl (C=O) groups excluding carboxylic acids is 2. The standard InChI is InChI=1S/C10H11N3O5/c11-9(15)8(14)5-12-10(16)6-2-1-3-7(4-6)13(17)18/h1-4,8,14H,5H2,(H2,11,15)(H,12,16). The molecule has 8 nitrogen and oxygen atoms in total. The number of non-ortho nitro benzene ring substituents is 1. The Bertz CT molecular complexity index is 488. The molecule has 96 valence electrons. The van der Waals surface area contributed by atoms with Gasteiger partial charge in [-0.05, 0) is 6.07 Å². The zero-order valence-electron chi connectivity index (χ0n) is 9.20. The van der Waals surface area contributed by atoms with Crippen LogP contribution in [0.4, 0.5) is 5.69 Å². The number of nitrogens with two attached hydrogens (primary N) is 1. The molecule has 0 bridgehead atoms. The maximum Gasteiger partial charge on any atom is 0.270 e. The van der Waals surface area contributed by atoms with E-state index in [0.29, 0.717) is 0 Å². The topological polar surface area (TPSA) is 136 Å². The minimum Gasteiger partial charge on any atom is -0.381 e. The summed E-state index contributed by atoms with van der Waals surface area (Å²) in [5.74, 6) is -1.60. The molecular weight excluding hydrogens is 242 g/mol. The van der Waals surface area contributed by atoms with Gasteiger partial charge in [-0.2, -0.15) is 0 Å². The second-order valence-electron chi connectivity index (χ2n) is 3.44. The third kappa shape index (κ3) is 3.52. The lowest BCUT2D eigenvalue weighted by Gasteiger charge is -2.08. The highest BCUT2D eigenvalue weighted by Gasteiger charge is 2.15. The number of nitrogens with zero attached hydrogens (tertiary/aromatic N) is 1. The summed E-state index contributed by atoms with van der Waals surface area (Å²) in [6, 6.07) is 5.07. The number of amides is 2. The first-order valence-corrected chi connectivity index (χ1v) is 4.92. The van der Waals surface area contributed by atoms with Gasteiger partial charge in [0, 0.05) is 17.7 Å². The van der Waals surface area contributed by atoms with Gasteiger partial charge in [-0.25, -0.2) is 0 Å². The van der Waals surface area contributed by atoms with Crippen LogP contribution in [-0.4, -0.2) is 34.5 Å². The first-order valence-electron chi connectivity index (χ1n) is 4.92. The number of aliphatic hydroxyl groups excluding tert-OH is 1. The summed E-state index contributed by atoms with van der Waals surface area (Å²) in [6.07, 6.45) is -1.49. The molecule has 0 radical (unpaired) electrons. The van der Waals surface area contributed by atoms with E-state index in [4.69, 9.17) is 10.8 Å². The quantitative estimate of drug-likeness (QED) is 0.465. The second-order valence-corrected chi connectivity index (χ2v) is 3.44. The Morgan fingerprint density at radius 3 is 2.72 bits per heavy atom. The number of hydrogen-bond acceptors (Lipinski definition) is 5. The van der Waals surface area contributed by atoms with Crippen LogP contribution in [0.3, 0.4) is 0 Å². The molecule has 2 amide bonds. The third-order valence-electron chi connectivity index (χ3n) is 2.10. The predicted molar refractivity (Wildman–Crippen MR) is 60.6 cm³/mol. The van der Waals surface area contributed by atoms with Crippen molar-refractivity contribution < 1.29 is 19.6 Å². The van der Waals surface area contributed by atoms with Crippen molar-refractivity contribution in [2.24, 2.45) is 5.73 Å². The average molecular weight is 253 g/mol. The summed E-state index contributed by atoms with van der Waals surface area (Å²) < 4.78 is 0. The zero-order valence-corrected chi connectivity index (χ0v) is 9.20. The van der Waals surface area contributed by atoms with Crippen molar-refractivity contribution in [1.82, 2.24) is 5.32 Å². The molecule has 0 spiro atoms. The minimum atomic E-state index is -1.49. The molecule has 0 saturated carbocycles. The maximum atomic E-state index is 11.5. The number of rotatable bonds is 5. The highest BCUT2D eigenvalue weighted by molar-refractivity contribution is 5.95. The van der Waals surface area contributed by atoms with E-state index in [1.807, 2.05) is 0 Å². The summed E-state index contributed by atoms with van der Waals surface area (Å²) >= 11 is 0. The summed E-state index contributed by atoms with van der Waals surface area (Å²) in [6.45, 7) is -0.350. The largest absolute Gasteiger partial charge is 0.381 e. The van der Waals surface area contributed by atoms with Crippen LogP contribution in [0, 0.1) is 10.1 Å². The number of nitro benzene ring substituents is 1. The normalized spacial score (nSPS) is 11.6. The van der Waals surface area contributed by atoms with Gasteiger partial charge in [0.15, 0.2) is 0 Å². The van der Waals surface area contributed by atoms with Gasteiger partial charge in [-0.15, -0.1) is 0 Å². The number of nitro groups is 1. The van der Waals surface area contributed by atoms with Gasteiger partial charge in [0.05, 0.1) is 11.5 Å². The van der Waals surface area contributed by atoms with Crippen molar-refractivity contribution in [1.29, 1.82) is 0 Å². The molecule has 0 heterocycles. The van der Waals surface area contributed by atoms with Crippen molar-refractivity contribution in [3.05, 3.63) is 39.9 Å². The molecule has 0 aliphatic heterocycles. The molecule has 0 aliphatic carbocycles. The van der Waals surface area contributed by atoms with Crippen molar-refractivity contribution in [3.8, 4) is 0 Å². The predicted octanol–water partition coefficient (Wildman–Crippen LogP) is -0.829. The van der Waals surface area contributed by atoms with E-state index in [1.165, 1.54) is 18.2 Å². The molecule has 1 aromatic rings. The number of carbonyl (C=O) groups is 2. The molecule has 1 atom stereocenters. The molecule has 4 N–H and O–H groups in total. The van der Waals surface area contributed by atoms with Gasteiger partial charge in [-0.3, -0.25) is 19.7 Å². The Balaban J connectivity index is 2.70. The highest BCUT2D eigenvalue weighted by Crippen LogP contribution is 2.12. The lowest BCUT2D eigenvalue weighted by atomic mass is 10.2. The Labute approximate surface area is 102 Å². The van der Waals surface area contributed by atoms with Gasteiger partial charge in [-0.1, -0.05) is 6.07 Å². The van der Waals surface area contributed by atoms with Gasteiger partial charge < -0.3 is 16.2 Å². The minimum absolute atomic E-state index is 0.0564. The molecule has 0 fully saturated rings. The average Bonchev–Trinajstić information content (AvgIpc) is 2.35. The molecule has 18 heavy (non-hydrogen) atoms. The van der Waals surface area contributed by atoms with E-state index in [1.54, 1.807) is 0 Å². The van der Waals surface area contributed by atoms with Crippen LogP contribution >= 0.6 is 0 Å². The van der Waals surface area contributed by atoms with Gasteiger partial charge >= 0.3 is 0 Å². The Kier molecular flexibility index (Phi) is 4.33. The first-order chi connectivity index (χ1) is 8.41. The number of benzene rings is 1. The highest BCUT2D eigenvalue weighted by atomic mass is 16.6. The summed E-state index contributed by atoms with van der Waals surface area (Å²) in [4.78, 5) is 31.9. The van der Waals surface area contributed by atoms with Gasteiger partial charge in [0.2, 0.25) is 5.91 Å². The van der Waals surface area contributed by atoms with E-state index in [2.05, 4.69) is 5.32 Å². The second kappa shape index (κ2) is 5.73. The molecule has 1 aromatic carbocycles. The van der Waals surface area contributed by atoms with Gasteiger partial charge in [0.25, 0.3) is 11.6 Å². The molecule has 1 unspecified atom stereocenters. The number of hydrogen-bond donors (Lipinski definition) is 3. The number of aliphatic hydroxyl groups is 1. The van der Waals surface area contributed by atoms with Crippen LogP contribution in [-0.2, 0) is 4.79 Å². The van der Waals surface area contributed by atoms with Crippen LogP contribution in [0.5, 0.6) is 0 Å². The molecular formula is C10H11N3O5. The van der Waals surface area contributed by atoms with Crippen LogP contribution in [0.2, 0.25) is 0 Å².